The smallest absolute Gasteiger partial charge is 0.748 e. The van der Waals surface area contributed by atoms with E-state index in [2.05, 4.69) is 13.8 Å². The van der Waals surface area contributed by atoms with Crippen molar-refractivity contribution in [2.45, 2.75) is 134 Å². The van der Waals surface area contributed by atoms with Crippen molar-refractivity contribution >= 4 is 10.1 Å². The average molecular weight is 415 g/mol. The number of hydrogen-bond acceptors (Lipinski definition) is 4. The average Bonchev–Trinajstić information content (AvgIpc) is 2.58. The fourth-order valence-corrected chi connectivity index (χ4v) is 4.38. The van der Waals surface area contributed by atoms with Crippen molar-refractivity contribution in [1.82, 2.24) is 0 Å². The summed E-state index contributed by atoms with van der Waals surface area (Å²) in [5.74, 6) is 0. The Labute approximate surface area is 191 Å². The van der Waals surface area contributed by atoms with Crippen LogP contribution < -0.4 is 29.6 Å². The zero-order valence-electron chi connectivity index (χ0n) is 18.3. The summed E-state index contributed by atoms with van der Waals surface area (Å²) >= 11 is 0. The Morgan fingerprint density at radius 1 is 0.667 bits per heavy atom. The summed E-state index contributed by atoms with van der Waals surface area (Å²) in [6.45, 7) is 4.36. The summed E-state index contributed by atoms with van der Waals surface area (Å²) < 4.78 is 34.4. The van der Waals surface area contributed by atoms with Crippen LogP contribution in [0.4, 0.5) is 0 Å². The summed E-state index contributed by atoms with van der Waals surface area (Å²) in [6, 6.07) is 0. The molecule has 2 unspecified atom stereocenters. The molecule has 0 aromatic rings. The largest absolute Gasteiger partial charge is 1.00 e. The van der Waals surface area contributed by atoms with E-state index in [9.17, 15) is 18.1 Å². The molecule has 158 valence electrons. The molecule has 0 rings (SSSR count). The molecule has 0 amide bonds. The predicted molar refractivity (Wildman–Crippen MR) is 109 cm³/mol. The Morgan fingerprint density at radius 2 is 1.00 bits per heavy atom. The first-order valence-corrected chi connectivity index (χ1v) is 12.5. The van der Waals surface area contributed by atoms with Gasteiger partial charge in [-0.3, -0.25) is 0 Å². The Morgan fingerprint density at radius 3 is 1.48 bits per heavy atom. The normalized spacial score (nSPS) is 13.9. The van der Waals surface area contributed by atoms with Gasteiger partial charge >= 0.3 is 29.6 Å². The van der Waals surface area contributed by atoms with Gasteiger partial charge in [0.05, 0.1) is 16.2 Å². The van der Waals surface area contributed by atoms with Crippen LogP contribution in [0.5, 0.6) is 0 Å². The van der Waals surface area contributed by atoms with Crippen molar-refractivity contribution in [3.8, 4) is 0 Å². The Bertz CT molecular complexity index is 401. The molecule has 0 aliphatic rings. The van der Waals surface area contributed by atoms with Crippen molar-refractivity contribution in [1.29, 1.82) is 0 Å². The van der Waals surface area contributed by atoms with Gasteiger partial charge in [-0.2, -0.15) is 0 Å². The fourth-order valence-electron chi connectivity index (χ4n) is 3.47. The Kier molecular flexibility index (Phi) is 22.4. The van der Waals surface area contributed by atoms with Gasteiger partial charge in [-0.15, -0.1) is 0 Å². The van der Waals surface area contributed by atoms with Gasteiger partial charge in [-0.05, 0) is 25.7 Å². The van der Waals surface area contributed by atoms with Gasteiger partial charge in [0.15, 0.2) is 0 Å². The van der Waals surface area contributed by atoms with Crippen LogP contribution in [0.15, 0.2) is 0 Å². The zero-order chi connectivity index (χ0) is 19.7. The second kappa shape index (κ2) is 20.2. The van der Waals surface area contributed by atoms with E-state index in [0.717, 1.165) is 44.9 Å². The minimum Gasteiger partial charge on any atom is -0.748 e. The molecule has 1 N–H and O–H groups in total. The molecule has 0 bridgehead atoms. The summed E-state index contributed by atoms with van der Waals surface area (Å²) in [4.78, 5) is 0. The summed E-state index contributed by atoms with van der Waals surface area (Å²) in [5.41, 5.74) is 0. The first-order chi connectivity index (χ1) is 12.4. The van der Waals surface area contributed by atoms with Gasteiger partial charge in [-0.25, -0.2) is 8.42 Å². The van der Waals surface area contributed by atoms with Crippen LogP contribution in [-0.2, 0) is 10.1 Å². The van der Waals surface area contributed by atoms with Crippen LogP contribution in [0.25, 0.3) is 0 Å². The molecule has 2 atom stereocenters. The first-order valence-electron chi connectivity index (χ1n) is 11.0. The van der Waals surface area contributed by atoms with Crippen LogP contribution in [0.2, 0.25) is 0 Å². The fraction of sp³-hybridized carbons (Fsp3) is 1.00. The van der Waals surface area contributed by atoms with E-state index in [1.54, 1.807) is 0 Å². The number of aliphatic hydroxyl groups excluding tert-OH is 1. The van der Waals surface area contributed by atoms with E-state index in [-0.39, 0.29) is 35.7 Å². The summed E-state index contributed by atoms with van der Waals surface area (Å²) in [7, 11) is -4.20. The van der Waals surface area contributed by atoms with E-state index < -0.39 is 15.4 Å². The molecular formula is C21H43NaO4S. The molecule has 0 fully saturated rings. The van der Waals surface area contributed by atoms with Gasteiger partial charge in [0.25, 0.3) is 0 Å². The second-order valence-corrected chi connectivity index (χ2v) is 9.46. The molecule has 0 radical (unpaired) electrons. The first kappa shape index (κ1) is 30.1. The van der Waals surface area contributed by atoms with E-state index in [0.29, 0.717) is 19.3 Å². The van der Waals surface area contributed by atoms with Crippen LogP contribution >= 0.6 is 0 Å². The standard InChI is InChI=1S/C21H44O4S.Na/c1-3-5-7-9-10-11-13-18-21(26(23,24)25)19-15-14-17-20(22)16-12-8-6-4-2;/h20-22H,3-19H2,1-2H3,(H,23,24,25);/q;+1/p-1. The summed E-state index contributed by atoms with van der Waals surface area (Å²) in [5, 5.41) is 9.22. The molecular weight excluding hydrogens is 371 g/mol. The number of unbranched alkanes of at least 4 members (excludes halogenated alkanes) is 10. The third kappa shape index (κ3) is 19.9. The van der Waals surface area contributed by atoms with Gasteiger partial charge in [-0.1, -0.05) is 97.3 Å². The Hall–Kier alpha value is 0.870. The summed E-state index contributed by atoms with van der Waals surface area (Å²) in [6.07, 6.45) is 16.3. The number of aliphatic hydroxyl groups is 1. The van der Waals surface area contributed by atoms with Crippen LogP contribution in [0.3, 0.4) is 0 Å². The molecule has 27 heavy (non-hydrogen) atoms. The molecule has 0 saturated heterocycles. The van der Waals surface area contributed by atoms with Crippen molar-refractivity contribution in [3.63, 3.8) is 0 Å². The maximum atomic E-state index is 11.5. The van der Waals surface area contributed by atoms with Crippen LogP contribution in [-0.4, -0.2) is 29.4 Å². The van der Waals surface area contributed by atoms with Gasteiger partial charge < -0.3 is 9.66 Å². The maximum Gasteiger partial charge on any atom is 1.00 e. The third-order valence-electron chi connectivity index (χ3n) is 5.24. The van der Waals surface area contributed by atoms with E-state index >= 15 is 0 Å². The van der Waals surface area contributed by atoms with Crippen LogP contribution in [0.1, 0.15) is 123 Å². The van der Waals surface area contributed by atoms with Crippen molar-refractivity contribution in [3.05, 3.63) is 0 Å². The second-order valence-electron chi connectivity index (χ2n) is 7.81. The third-order valence-corrected chi connectivity index (χ3v) is 6.53. The molecule has 0 aliphatic carbocycles. The Balaban J connectivity index is 0. The van der Waals surface area contributed by atoms with E-state index in [1.807, 2.05) is 0 Å². The quantitative estimate of drug-likeness (QED) is 0.200. The molecule has 4 nitrogen and oxygen atoms in total. The van der Waals surface area contributed by atoms with E-state index in [4.69, 9.17) is 0 Å². The predicted octanol–water partition coefficient (Wildman–Crippen LogP) is 2.94. The minimum atomic E-state index is -4.20. The number of rotatable bonds is 19. The van der Waals surface area contributed by atoms with E-state index in [1.165, 1.54) is 44.9 Å². The zero-order valence-corrected chi connectivity index (χ0v) is 21.1. The maximum absolute atomic E-state index is 11.5. The van der Waals surface area contributed by atoms with Crippen molar-refractivity contribution in [2.24, 2.45) is 0 Å². The van der Waals surface area contributed by atoms with Crippen LogP contribution in [0, 0.1) is 0 Å². The SMILES string of the molecule is CCCCCCCCCC(CCCCC(O)CCCCCC)S(=O)(=O)[O-].[Na+]. The minimum absolute atomic E-state index is 0. The molecule has 0 aromatic carbocycles. The van der Waals surface area contributed by atoms with Gasteiger partial charge in [0.1, 0.15) is 0 Å². The van der Waals surface area contributed by atoms with Gasteiger partial charge in [0, 0.05) is 5.25 Å². The molecule has 0 spiro atoms. The molecule has 0 aliphatic heterocycles. The molecule has 0 heterocycles. The topological polar surface area (TPSA) is 77.4 Å². The van der Waals surface area contributed by atoms with Crippen molar-refractivity contribution < 1.29 is 47.6 Å². The molecule has 6 heteroatoms. The number of hydrogen-bond donors (Lipinski definition) is 1. The van der Waals surface area contributed by atoms with Crippen molar-refractivity contribution in [2.75, 3.05) is 0 Å². The monoisotopic (exact) mass is 414 g/mol. The van der Waals surface area contributed by atoms with Gasteiger partial charge in [0.2, 0.25) is 0 Å². The molecule has 0 aromatic heterocycles. The molecule has 0 saturated carbocycles.